The van der Waals surface area contributed by atoms with Crippen LogP contribution in [0.15, 0.2) is 29.7 Å². The van der Waals surface area contributed by atoms with Crippen molar-refractivity contribution in [1.82, 2.24) is 10.4 Å². The van der Waals surface area contributed by atoms with Crippen molar-refractivity contribution in [2.45, 2.75) is 25.2 Å². The van der Waals surface area contributed by atoms with Gasteiger partial charge in [-0.3, -0.25) is 15.5 Å². The molecule has 2 rings (SSSR count). The predicted molar refractivity (Wildman–Crippen MR) is 85.3 cm³/mol. The van der Waals surface area contributed by atoms with Crippen LogP contribution >= 0.6 is 12.6 Å². The maximum absolute atomic E-state index is 11.0. The number of nitrogens with one attached hydrogen (secondary N) is 1. The molecule has 2 atom stereocenters. The monoisotopic (exact) mass is 330 g/mol. The van der Waals surface area contributed by atoms with Gasteiger partial charge < -0.3 is 20.1 Å². The average Bonchev–Trinajstić information content (AvgIpc) is 3.02. The third-order valence-corrected chi connectivity index (χ3v) is 3.05. The van der Waals surface area contributed by atoms with E-state index in [0.717, 1.165) is 12.8 Å². The molecular weight excluding hydrogens is 308 g/mol. The number of hydrogen-bond donors (Lipinski definition) is 4. The maximum Gasteiger partial charge on any atom is 0.319 e. The first-order valence-electron chi connectivity index (χ1n) is 6.74. The number of thiol groups is 1. The van der Waals surface area contributed by atoms with Crippen LogP contribution in [0.25, 0.3) is 0 Å². The zero-order chi connectivity index (χ0) is 16.5. The Kier molecular flexibility index (Phi) is 7.96. The van der Waals surface area contributed by atoms with Gasteiger partial charge in [0, 0.05) is 6.20 Å². The van der Waals surface area contributed by atoms with E-state index in [9.17, 15) is 4.79 Å². The Morgan fingerprint density at radius 3 is 3.00 bits per heavy atom. The smallest absolute Gasteiger partial charge is 0.319 e. The first-order chi connectivity index (χ1) is 10.6. The highest BCUT2D eigenvalue weighted by Crippen LogP contribution is 2.27. The molecule has 2 unspecified atom stereocenters. The van der Waals surface area contributed by atoms with Gasteiger partial charge in [0.25, 0.3) is 0 Å². The van der Waals surface area contributed by atoms with Crippen molar-refractivity contribution in [3.05, 3.63) is 24.7 Å². The number of hydrogen-bond acceptors (Lipinski definition) is 9. The predicted octanol–water partition coefficient (Wildman–Crippen LogP) is 0.217. The van der Waals surface area contributed by atoms with Crippen LogP contribution in [-0.4, -0.2) is 53.7 Å². The van der Waals surface area contributed by atoms with Gasteiger partial charge in [-0.1, -0.05) is 6.58 Å². The molecule has 0 bridgehead atoms. The second-order valence-electron chi connectivity index (χ2n) is 4.43. The second-order valence-corrected chi connectivity index (χ2v) is 4.43. The van der Waals surface area contributed by atoms with Crippen LogP contribution in [0.5, 0.6) is 0 Å². The zero-order valence-corrected chi connectivity index (χ0v) is 13.3. The average molecular weight is 330 g/mol. The van der Waals surface area contributed by atoms with Gasteiger partial charge in [0.05, 0.1) is 12.6 Å². The summed E-state index contributed by atoms with van der Waals surface area (Å²) in [5.74, 6) is 0.342. The van der Waals surface area contributed by atoms with Gasteiger partial charge in [-0.05, 0) is 25.2 Å². The van der Waals surface area contributed by atoms with E-state index in [2.05, 4.69) is 24.2 Å². The molecule has 4 N–H and O–H groups in total. The first kappa shape index (κ1) is 18.5. The Balaban J connectivity index is 0.00000116. The van der Waals surface area contributed by atoms with E-state index in [1.807, 2.05) is 5.48 Å². The quantitative estimate of drug-likeness (QED) is 0.331. The van der Waals surface area contributed by atoms with Crippen LogP contribution in [0.2, 0.25) is 0 Å². The number of hydroxylamine groups is 1. The summed E-state index contributed by atoms with van der Waals surface area (Å²) in [6.45, 7) is 3.87. The minimum absolute atomic E-state index is 0.131. The van der Waals surface area contributed by atoms with Gasteiger partial charge in [0.1, 0.15) is 18.7 Å². The summed E-state index contributed by atoms with van der Waals surface area (Å²) in [6, 6.07) is 0. The fourth-order valence-electron chi connectivity index (χ4n) is 2.05. The van der Waals surface area contributed by atoms with Gasteiger partial charge in [0.2, 0.25) is 0 Å². The fourth-order valence-corrected chi connectivity index (χ4v) is 2.05. The third-order valence-electron chi connectivity index (χ3n) is 3.05. The number of nitrogens with zero attached hydrogens (tertiary/aromatic N) is 2. The molecule has 2 aliphatic rings. The molecule has 8 nitrogen and oxygen atoms in total. The van der Waals surface area contributed by atoms with Crippen LogP contribution in [-0.2, 0) is 14.3 Å². The van der Waals surface area contributed by atoms with Crippen molar-refractivity contribution in [2.24, 2.45) is 10.7 Å². The summed E-state index contributed by atoms with van der Waals surface area (Å²) in [5.41, 5.74) is 7.12. The number of aliphatic imine (C=N–C) groups is 1. The number of esters is 1. The standard InChI is InChI=1S/C12H18N4O4.CH4S/c1-8-14-10(15-18)4-5-16(8)11-3-2-9(20-11)7-19-12(17)6-13;1-2/h4-5,9,11,18H,1-3,6-7,13H2,(H,14,15);2H,1H3. The molecule has 0 amide bonds. The lowest BCUT2D eigenvalue weighted by molar-refractivity contribution is -0.147. The number of amidine groups is 1. The number of nitrogens with two attached hydrogens (primary N) is 1. The number of carbonyl (C=O) groups is 1. The third kappa shape index (κ3) is 5.02. The van der Waals surface area contributed by atoms with Crippen LogP contribution < -0.4 is 11.2 Å². The van der Waals surface area contributed by atoms with E-state index in [1.165, 1.54) is 0 Å². The molecule has 0 aromatic carbocycles. The minimum Gasteiger partial charge on any atom is -0.462 e. The van der Waals surface area contributed by atoms with Gasteiger partial charge in [-0.15, -0.1) is 0 Å². The van der Waals surface area contributed by atoms with E-state index in [1.54, 1.807) is 23.4 Å². The molecule has 1 saturated heterocycles. The first-order valence-corrected chi connectivity index (χ1v) is 7.63. The highest BCUT2D eigenvalue weighted by molar-refractivity contribution is 7.79. The van der Waals surface area contributed by atoms with Crippen molar-refractivity contribution in [1.29, 1.82) is 0 Å². The lowest BCUT2D eigenvalue weighted by Crippen LogP contribution is -2.34. The Bertz CT molecular complexity index is 455. The highest BCUT2D eigenvalue weighted by Gasteiger charge is 2.31. The summed E-state index contributed by atoms with van der Waals surface area (Å²) in [7, 11) is 0. The largest absolute Gasteiger partial charge is 0.462 e. The normalized spacial score (nSPS) is 23.5. The maximum atomic E-state index is 11.0. The molecule has 2 aliphatic heterocycles. The fraction of sp³-hybridized carbons (Fsp3) is 0.538. The summed E-state index contributed by atoms with van der Waals surface area (Å²) in [4.78, 5) is 16.8. The number of rotatable bonds is 4. The van der Waals surface area contributed by atoms with Gasteiger partial charge in [-0.2, -0.15) is 12.6 Å². The summed E-state index contributed by atoms with van der Waals surface area (Å²) >= 11 is 3.53. The van der Waals surface area contributed by atoms with E-state index in [0.29, 0.717) is 11.7 Å². The Morgan fingerprint density at radius 1 is 1.68 bits per heavy atom. The van der Waals surface area contributed by atoms with E-state index in [4.69, 9.17) is 20.4 Å². The Labute approximate surface area is 135 Å². The van der Waals surface area contributed by atoms with Crippen molar-refractivity contribution < 1.29 is 19.5 Å². The van der Waals surface area contributed by atoms with Crippen molar-refractivity contribution in [3.8, 4) is 0 Å². The molecule has 0 aliphatic carbocycles. The van der Waals surface area contributed by atoms with Crippen molar-refractivity contribution in [3.63, 3.8) is 0 Å². The van der Waals surface area contributed by atoms with Crippen LogP contribution in [0.3, 0.4) is 0 Å². The zero-order valence-electron chi connectivity index (χ0n) is 12.4. The number of ether oxygens (including phenoxy) is 2. The van der Waals surface area contributed by atoms with Gasteiger partial charge in [0.15, 0.2) is 5.84 Å². The molecule has 0 saturated carbocycles. The number of carbonyl (C=O) groups excluding carboxylic acids is 1. The molecule has 0 spiro atoms. The molecule has 22 heavy (non-hydrogen) atoms. The molecule has 124 valence electrons. The SMILES string of the molecule is C=C1N=C(NO)C=CN1C1CCC(COC(=O)CN)O1.CS. The molecular formula is C13H22N4O4S. The van der Waals surface area contributed by atoms with Crippen LogP contribution in [0, 0.1) is 0 Å². The van der Waals surface area contributed by atoms with E-state index >= 15 is 0 Å². The molecule has 0 radical (unpaired) electrons. The molecule has 0 aromatic rings. The molecule has 2 heterocycles. The lowest BCUT2D eigenvalue weighted by Gasteiger charge is -2.29. The van der Waals surface area contributed by atoms with Gasteiger partial charge in [-0.25, -0.2) is 4.99 Å². The van der Waals surface area contributed by atoms with Gasteiger partial charge >= 0.3 is 5.97 Å². The van der Waals surface area contributed by atoms with Crippen LogP contribution in [0.1, 0.15) is 12.8 Å². The molecule has 0 aromatic heterocycles. The minimum atomic E-state index is -0.442. The van der Waals surface area contributed by atoms with E-state index < -0.39 is 5.97 Å². The topological polar surface area (TPSA) is 109 Å². The van der Waals surface area contributed by atoms with Crippen molar-refractivity contribution in [2.75, 3.05) is 19.4 Å². The van der Waals surface area contributed by atoms with Crippen LogP contribution in [0.4, 0.5) is 0 Å². The molecule has 9 heteroatoms. The Hall–Kier alpha value is -1.55. The lowest BCUT2D eigenvalue weighted by atomic mass is 10.2. The summed E-state index contributed by atoms with van der Waals surface area (Å²) in [6.07, 6.45) is 6.22. The van der Waals surface area contributed by atoms with E-state index in [-0.39, 0.29) is 25.5 Å². The highest BCUT2D eigenvalue weighted by atomic mass is 32.1. The molecule has 1 fully saturated rings. The van der Waals surface area contributed by atoms with Crippen molar-refractivity contribution >= 4 is 24.4 Å². The summed E-state index contributed by atoms with van der Waals surface area (Å²) in [5, 5.41) is 8.77. The second kappa shape index (κ2) is 9.46. The Morgan fingerprint density at radius 2 is 2.41 bits per heavy atom. The summed E-state index contributed by atoms with van der Waals surface area (Å²) < 4.78 is 10.7.